The molecule has 0 aromatic heterocycles. The Balaban J connectivity index is 3.03. The Morgan fingerprint density at radius 1 is 0.250 bits per heavy atom. The van der Waals surface area contributed by atoms with Crippen LogP contribution in [0.15, 0.2) is 0 Å². The first-order valence-corrected chi connectivity index (χ1v) is 15.9. The van der Waals surface area contributed by atoms with Gasteiger partial charge in [-0.2, -0.15) is 0 Å². The molecule has 0 unspecified atom stereocenters. The topological polar surface area (TPSA) is 123 Å². The molecule has 0 rings (SSSR count). The molecule has 0 bridgehead atoms. The van der Waals surface area contributed by atoms with Gasteiger partial charge in [-0.05, 0) is 21.0 Å². The van der Waals surface area contributed by atoms with E-state index >= 15 is 0 Å². The molecule has 0 aromatic carbocycles. The largest absolute Gasteiger partial charge is 0.379 e. The normalized spacial score (nSPS) is 11.7. The molecular formula is C30H63NO13. The quantitative estimate of drug-likeness (QED) is 0.0873. The van der Waals surface area contributed by atoms with Crippen LogP contribution in [0, 0.1) is 0 Å². The third kappa shape index (κ3) is 41.4. The van der Waals surface area contributed by atoms with Crippen molar-refractivity contribution in [2.45, 2.75) is 6.92 Å². The first-order valence-electron chi connectivity index (χ1n) is 15.9. The van der Waals surface area contributed by atoms with E-state index in [0.717, 1.165) is 13.2 Å². The van der Waals surface area contributed by atoms with Crippen LogP contribution in [0.2, 0.25) is 0 Å². The number of nitrogens with zero attached hydrogens (tertiary/aromatic N) is 1. The highest BCUT2D eigenvalue weighted by atomic mass is 16.6. The fourth-order valence-corrected chi connectivity index (χ4v) is 3.03. The molecule has 0 radical (unpaired) electrons. The van der Waals surface area contributed by atoms with Crippen LogP contribution in [0.25, 0.3) is 0 Å². The van der Waals surface area contributed by atoms with Crippen molar-refractivity contribution in [2.75, 3.05) is 192 Å². The maximum Gasteiger partial charge on any atom is 0.0701 e. The zero-order valence-electron chi connectivity index (χ0n) is 27.8. The van der Waals surface area contributed by atoms with Crippen LogP contribution in [0.5, 0.6) is 0 Å². The average Bonchev–Trinajstić information content (AvgIpc) is 3.02. The summed E-state index contributed by atoms with van der Waals surface area (Å²) < 4.78 is 70.6. The molecule has 0 heterocycles. The van der Waals surface area contributed by atoms with Gasteiger partial charge in [0.15, 0.2) is 0 Å². The van der Waals surface area contributed by atoms with Gasteiger partial charge in [0, 0.05) is 13.2 Å². The molecule has 14 heteroatoms. The lowest BCUT2D eigenvalue weighted by Crippen LogP contribution is -2.19. The van der Waals surface area contributed by atoms with Gasteiger partial charge in [0.05, 0.1) is 165 Å². The Morgan fingerprint density at radius 2 is 0.409 bits per heavy atom. The lowest BCUT2D eigenvalue weighted by Gasteiger charge is -2.10. The minimum atomic E-state index is 0.514. The Bertz CT molecular complexity index is 510. The highest BCUT2D eigenvalue weighted by Gasteiger charge is 1.97. The smallest absolute Gasteiger partial charge is 0.0701 e. The number of hydrogen-bond donors (Lipinski definition) is 0. The lowest BCUT2D eigenvalue weighted by atomic mass is 10.6. The summed E-state index contributed by atoms with van der Waals surface area (Å²) in [5.41, 5.74) is 0. The van der Waals surface area contributed by atoms with Crippen molar-refractivity contribution in [1.29, 1.82) is 0 Å². The summed E-state index contributed by atoms with van der Waals surface area (Å²) in [6.45, 7) is 17.3. The third-order valence-corrected chi connectivity index (χ3v) is 5.35. The minimum absolute atomic E-state index is 0.514. The second-order valence-electron chi connectivity index (χ2n) is 9.35. The number of likely N-dealkylation sites (N-methyl/N-ethyl adjacent to an activating group) is 1. The molecule has 0 aliphatic carbocycles. The Morgan fingerprint density at radius 3 is 0.568 bits per heavy atom. The highest BCUT2D eigenvalue weighted by Crippen LogP contribution is 1.88. The van der Waals surface area contributed by atoms with Gasteiger partial charge < -0.3 is 66.5 Å². The maximum absolute atomic E-state index is 5.48. The molecule has 0 amide bonds. The predicted molar refractivity (Wildman–Crippen MR) is 165 cm³/mol. The molecule has 0 aliphatic heterocycles. The number of rotatable bonds is 40. The fourth-order valence-electron chi connectivity index (χ4n) is 3.03. The Labute approximate surface area is 266 Å². The molecule has 0 atom stereocenters. The van der Waals surface area contributed by atoms with Crippen molar-refractivity contribution in [3.05, 3.63) is 0 Å². The van der Waals surface area contributed by atoms with E-state index in [-0.39, 0.29) is 0 Å². The van der Waals surface area contributed by atoms with Crippen LogP contribution in [-0.4, -0.2) is 197 Å². The molecule has 0 saturated heterocycles. The van der Waals surface area contributed by atoms with Crippen molar-refractivity contribution < 1.29 is 61.6 Å². The van der Waals surface area contributed by atoms with Crippen molar-refractivity contribution in [2.24, 2.45) is 0 Å². The van der Waals surface area contributed by atoms with Gasteiger partial charge in [-0.15, -0.1) is 0 Å². The van der Waals surface area contributed by atoms with E-state index in [9.17, 15) is 0 Å². The molecule has 0 N–H and O–H groups in total. The molecule has 0 aromatic rings. The predicted octanol–water partition coefficient (Wildman–Crippen LogP) is 0.784. The van der Waals surface area contributed by atoms with Gasteiger partial charge in [0.25, 0.3) is 0 Å². The van der Waals surface area contributed by atoms with Crippen LogP contribution in [-0.2, 0) is 61.6 Å². The van der Waals surface area contributed by atoms with Crippen molar-refractivity contribution >= 4 is 0 Å². The van der Waals surface area contributed by atoms with Gasteiger partial charge >= 0.3 is 0 Å². The summed E-state index contributed by atoms with van der Waals surface area (Å²) >= 11 is 0. The van der Waals surface area contributed by atoms with Crippen molar-refractivity contribution in [3.63, 3.8) is 0 Å². The summed E-state index contributed by atoms with van der Waals surface area (Å²) in [4.78, 5) is 2.08. The highest BCUT2D eigenvalue weighted by molar-refractivity contribution is 4.41. The second-order valence-corrected chi connectivity index (χ2v) is 9.35. The minimum Gasteiger partial charge on any atom is -0.379 e. The zero-order chi connectivity index (χ0) is 31.9. The van der Waals surface area contributed by atoms with E-state index in [1.807, 2.05) is 21.0 Å². The molecule has 0 fully saturated rings. The summed E-state index contributed by atoms with van der Waals surface area (Å²) in [5, 5.41) is 0. The molecule has 0 spiro atoms. The molecule has 14 nitrogen and oxygen atoms in total. The summed E-state index contributed by atoms with van der Waals surface area (Å²) in [6.07, 6.45) is 0. The van der Waals surface area contributed by atoms with E-state index in [4.69, 9.17) is 61.6 Å². The van der Waals surface area contributed by atoms with Gasteiger partial charge in [0.1, 0.15) is 0 Å². The molecular weight excluding hydrogens is 582 g/mol. The Kier molecular flexibility index (Phi) is 39.9. The van der Waals surface area contributed by atoms with E-state index in [1.165, 1.54) is 0 Å². The molecule has 44 heavy (non-hydrogen) atoms. The van der Waals surface area contributed by atoms with Gasteiger partial charge in [-0.3, -0.25) is 0 Å². The summed E-state index contributed by atoms with van der Waals surface area (Å²) in [7, 11) is 4.04. The van der Waals surface area contributed by atoms with Gasteiger partial charge in [-0.1, -0.05) is 0 Å². The summed E-state index contributed by atoms with van der Waals surface area (Å²) in [5.74, 6) is 0. The average molecular weight is 646 g/mol. The van der Waals surface area contributed by atoms with E-state index in [0.29, 0.717) is 165 Å². The van der Waals surface area contributed by atoms with E-state index in [1.54, 1.807) is 0 Å². The lowest BCUT2D eigenvalue weighted by molar-refractivity contribution is -0.0290. The maximum atomic E-state index is 5.48. The van der Waals surface area contributed by atoms with Crippen molar-refractivity contribution in [3.8, 4) is 0 Å². The zero-order valence-corrected chi connectivity index (χ0v) is 27.8. The molecule has 0 saturated carbocycles. The number of ether oxygens (including phenoxy) is 13. The molecule has 266 valence electrons. The molecule has 0 aliphatic rings. The monoisotopic (exact) mass is 645 g/mol. The van der Waals surface area contributed by atoms with Crippen LogP contribution >= 0.6 is 0 Å². The standard InChI is InChI=1S/C30H63NO13/c1-4-32-7-8-34-11-12-36-15-16-38-19-20-40-23-24-42-27-28-44-30-29-43-26-25-41-22-21-39-18-17-37-14-13-35-10-9-33-6-5-31(2)3/h4-30H2,1-3H3. The van der Waals surface area contributed by atoms with Crippen LogP contribution in [0.3, 0.4) is 0 Å². The van der Waals surface area contributed by atoms with E-state index in [2.05, 4.69) is 4.90 Å². The fraction of sp³-hybridized carbons (Fsp3) is 1.00. The van der Waals surface area contributed by atoms with Crippen LogP contribution < -0.4 is 0 Å². The third-order valence-electron chi connectivity index (χ3n) is 5.35. The van der Waals surface area contributed by atoms with Gasteiger partial charge in [-0.25, -0.2) is 0 Å². The summed E-state index contributed by atoms with van der Waals surface area (Å²) in [6, 6.07) is 0. The number of hydrogen-bond acceptors (Lipinski definition) is 14. The SMILES string of the molecule is CCOCCOCCOCCOCCOCCOCCOCCOCCOCCOCCOCCOCCOCCN(C)C. The van der Waals surface area contributed by atoms with Crippen LogP contribution in [0.1, 0.15) is 6.92 Å². The Hall–Kier alpha value is -0.560. The first kappa shape index (κ1) is 43.4. The van der Waals surface area contributed by atoms with Gasteiger partial charge in [0.2, 0.25) is 0 Å². The first-order chi connectivity index (χ1) is 21.8. The van der Waals surface area contributed by atoms with E-state index < -0.39 is 0 Å². The van der Waals surface area contributed by atoms with Crippen molar-refractivity contribution in [1.82, 2.24) is 4.90 Å². The second kappa shape index (κ2) is 40.5. The van der Waals surface area contributed by atoms with Crippen LogP contribution in [0.4, 0.5) is 0 Å².